The molecule has 1 aromatic carbocycles. The summed E-state index contributed by atoms with van der Waals surface area (Å²) in [5, 5.41) is 10.9. The summed E-state index contributed by atoms with van der Waals surface area (Å²) in [5.41, 5.74) is 5.06. The molecule has 0 aliphatic rings. The Kier molecular flexibility index (Phi) is 4.50. The molecule has 0 amide bonds. The van der Waals surface area contributed by atoms with E-state index in [1.54, 1.807) is 24.3 Å². The monoisotopic (exact) mass is 290 g/mol. The lowest BCUT2D eigenvalue weighted by Crippen LogP contribution is -2.01. The zero-order chi connectivity index (χ0) is 15.2. The zero-order valence-electron chi connectivity index (χ0n) is 11.4. The summed E-state index contributed by atoms with van der Waals surface area (Å²) in [6, 6.07) is 6.68. The number of aromatic nitrogens is 2. The predicted molar refractivity (Wildman–Crippen MR) is 75.4 cm³/mol. The van der Waals surface area contributed by atoms with E-state index in [1.807, 2.05) is 6.92 Å². The summed E-state index contributed by atoms with van der Waals surface area (Å²) in [6.07, 6.45) is 1.92. The molecule has 0 aliphatic heterocycles. The van der Waals surface area contributed by atoms with E-state index in [0.717, 1.165) is 12.6 Å². The molecule has 0 radical (unpaired) electrons. The van der Waals surface area contributed by atoms with Gasteiger partial charge in [0, 0.05) is 0 Å². The van der Waals surface area contributed by atoms with E-state index < -0.39 is 4.92 Å². The Morgan fingerprint density at radius 3 is 2.57 bits per heavy atom. The third kappa shape index (κ3) is 3.78. The summed E-state index contributed by atoms with van der Waals surface area (Å²) < 4.78 is 10.8. The van der Waals surface area contributed by atoms with Crippen molar-refractivity contribution >= 4 is 11.6 Å². The maximum absolute atomic E-state index is 10.9. The molecule has 0 saturated carbocycles. The molecule has 0 spiro atoms. The van der Waals surface area contributed by atoms with Gasteiger partial charge in [-0.15, -0.1) is 0 Å². The SMILES string of the molecule is CCCOc1ccc(Oc2nc(N)ncc2[N+](=O)[O-])cc1. The summed E-state index contributed by atoms with van der Waals surface area (Å²) in [6.45, 7) is 2.63. The number of benzene rings is 1. The minimum absolute atomic E-state index is 0.0986. The van der Waals surface area contributed by atoms with E-state index in [0.29, 0.717) is 18.1 Å². The second-order valence-electron chi connectivity index (χ2n) is 4.10. The molecular formula is C13H14N4O4. The lowest BCUT2D eigenvalue weighted by molar-refractivity contribution is -0.386. The van der Waals surface area contributed by atoms with Gasteiger partial charge in [-0.25, -0.2) is 4.98 Å². The van der Waals surface area contributed by atoms with Gasteiger partial charge in [0.05, 0.1) is 11.5 Å². The van der Waals surface area contributed by atoms with Gasteiger partial charge in [-0.2, -0.15) is 4.98 Å². The predicted octanol–water partition coefficient (Wildman–Crippen LogP) is 2.55. The Morgan fingerprint density at radius 1 is 1.29 bits per heavy atom. The molecule has 0 aliphatic carbocycles. The normalized spacial score (nSPS) is 10.1. The van der Waals surface area contributed by atoms with Crippen molar-refractivity contribution in [2.45, 2.75) is 13.3 Å². The largest absolute Gasteiger partial charge is 0.494 e. The van der Waals surface area contributed by atoms with Crippen molar-refractivity contribution in [2.24, 2.45) is 0 Å². The van der Waals surface area contributed by atoms with Gasteiger partial charge in [0.2, 0.25) is 5.95 Å². The van der Waals surface area contributed by atoms with Gasteiger partial charge in [0.25, 0.3) is 0 Å². The van der Waals surface area contributed by atoms with Crippen molar-refractivity contribution < 1.29 is 14.4 Å². The molecule has 0 bridgehead atoms. The Balaban J connectivity index is 2.18. The fraction of sp³-hybridized carbons (Fsp3) is 0.231. The van der Waals surface area contributed by atoms with Crippen LogP contribution in [0.4, 0.5) is 11.6 Å². The van der Waals surface area contributed by atoms with E-state index in [2.05, 4.69) is 9.97 Å². The summed E-state index contributed by atoms with van der Waals surface area (Å²) in [5.74, 6) is 0.786. The van der Waals surface area contributed by atoms with Crippen molar-refractivity contribution in [1.29, 1.82) is 0 Å². The van der Waals surface area contributed by atoms with Crippen molar-refractivity contribution in [1.82, 2.24) is 9.97 Å². The Hall–Kier alpha value is -2.90. The van der Waals surface area contributed by atoms with Gasteiger partial charge in [-0.1, -0.05) is 6.92 Å². The van der Waals surface area contributed by atoms with Crippen LogP contribution in [0.25, 0.3) is 0 Å². The minimum atomic E-state index is -0.631. The van der Waals surface area contributed by atoms with Crippen LogP contribution in [-0.2, 0) is 0 Å². The number of nitrogen functional groups attached to an aromatic ring is 1. The number of anilines is 1. The van der Waals surface area contributed by atoms with Gasteiger partial charge in [-0.05, 0) is 30.7 Å². The number of nitro groups is 1. The van der Waals surface area contributed by atoms with Crippen molar-refractivity contribution in [2.75, 3.05) is 12.3 Å². The number of nitrogens with two attached hydrogens (primary N) is 1. The second-order valence-corrected chi connectivity index (χ2v) is 4.10. The van der Waals surface area contributed by atoms with Crippen LogP contribution in [0, 0.1) is 10.1 Å². The van der Waals surface area contributed by atoms with Crippen LogP contribution < -0.4 is 15.2 Å². The molecule has 8 heteroatoms. The second kappa shape index (κ2) is 6.51. The molecule has 1 heterocycles. The number of hydrogen-bond donors (Lipinski definition) is 1. The van der Waals surface area contributed by atoms with Crippen LogP contribution in [0.1, 0.15) is 13.3 Å². The van der Waals surface area contributed by atoms with Crippen molar-refractivity contribution in [3.63, 3.8) is 0 Å². The van der Waals surface area contributed by atoms with Crippen molar-refractivity contribution in [3.05, 3.63) is 40.6 Å². The quantitative estimate of drug-likeness (QED) is 0.642. The number of nitrogens with zero attached hydrogens (tertiary/aromatic N) is 3. The number of ether oxygens (including phenoxy) is 2. The fourth-order valence-corrected chi connectivity index (χ4v) is 1.51. The standard InChI is InChI=1S/C13H14N4O4/c1-2-7-20-9-3-5-10(6-4-9)21-12-11(17(18)19)8-15-13(14)16-12/h3-6,8H,2,7H2,1H3,(H2,14,15,16). The third-order valence-corrected chi connectivity index (χ3v) is 2.46. The van der Waals surface area contributed by atoms with E-state index in [-0.39, 0.29) is 17.5 Å². The van der Waals surface area contributed by atoms with E-state index >= 15 is 0 Å². The summed E-state index contributed by atoms with van der Waals surface area (Å²) in [7, 11) is 0. The highest BCUT2D eigenvalue weighted by Gasteiger charge is 2.19. The molecule has 8 nitrogen and oxygen atoms in total. The third-order valence-electron chi connectivity index (χ3n) is 2.46. The Labute approximate surface area is 120 Å². The molecule has 110 valence electrons. The molecule has 0 atom stereocenters. The molecule has 0 saturated heterocycles. The van der Waals surface area contributed by atoms with Crippen molar-refractivity contribution in [3.8, 4) is 17.4 Å². The van der Waals surface area contributed by atoms with E-state index in [4.69, 9.17) is 15.2 Å². The highest BCUT2D eigenvalue weighted by atomic mass is 16.6. The maximum atomic E-state index is 10.9. The topological polar surface area (TPSA) is 113 Å². The Morgan fingerprint density at radius 2 is 1.95 bits per heavy atom. The molecule has 1 aromatic heterocycles. The molecule has 0 unspecified atom stereocenters. The maximum Gasteiger partial charge on any atom is 0.349 e. The average molecular weight is 290 g/mol. The average Bonchev–Trinajstić information content (AvgIpc) is 2.46. The van der Waals surface area contributed by atoms with E-state index in [9.17, 15) is 10.1 Å². The van der Waals surface area contributed by atoms with Gasteiger partial charge in [-0.3, -0.25) is 10.1 Å². The number of hydrogen-bond acceptors (Lipinski definition) is 7. The molecule has 2 aromatic rings. The zero-order valence-corrected chi connectivity index (χ0v) is 11.4. The molecular weight excluding hydrogens is 276 g/mol. The van der Waals surface area contributed by atoms with Gasteiger partial charge >= 0.3 is 11.6 Å². The van der Waals surface area contributed by atoms with Crippen LogP contribution in [0.15, 0.2) is 30.5 Å². The first-order valence-electron chi connectivity index (χ1n) is 6.27. The lowest BCUT2D eigenvalue weighted by atomic mass is 10.3. The highest BCUT2D eigenvalue weighted by Crippen LogP contribution is 2.29. The molecule has 2 N–H and O–H groups in total. The van der Waals surface area contributed by atoms with Gasteiger partial charge < -0.3 is 15.2 Å². The molecule has 0 fully saturated rings. The van der Waals surface area contributed by atoms with Crippen LogP contribution in [-0.4, -0.2) is 21.5 Å². The first kappa shape index (κ1) is 14.5. The first-order valence-corrected chi connectivity index (χ1v) is 6.27. The fourth-order valence-electron chi connectivity index (χ4n) is 1.51. The molecule has 2 rings (SSSR count). The minimum Gasteiger partial charge on any atom is -0.494 e. The van der Waals surface area contributed by atoms with Crippen LogP contribution in [0.5, 0.6) is 17.4 Å². The highest BCUT2D eigenvalue weighted by molar-refractivity contribution is 5.44. The Bertz CT molecular complexity index is 631. The number of rotatable bonds is 6. The first-order chi connectivity index (χ1) is 10.1. The lowest BCUT2D eigenvalue weighted by Gasteiger charge is -2.07. The van der Waals surface area contributed by atoms with E-state index in [1.165, 1.54) is 0 Å². The van der Waals surface area contributed by atoms with Crippen LogP contribution >= 0.6 is 0 Å². The van der Waals surface area contributed by atoms with Gasteiger partial charge in [0.1, 0.15) is 17.7 Å². The summed E-state index contributed by atoms with van der Waals surface area (Å²) in [4.78, 5) is 17.6. The smallest absolute Gasteiger partial charge is 0.349 e. The van der Waals surface area contributed by atoms with Crippen LogP contribution in [0.2, 0.25) is 0 Å². The molecule has 21 heavy (non-hydrogen) atoms. The van der Waals surface area contributed by atoms with Gasteiger partial charge in [0.15, 0.2) is 0 Å². The summed E-state index contributed by atoms with van der Waals surface area (Å²) >= 11 is 0. The van der Waals surface area contributed by atoms with Crippen LogP contribution in [0.3, 0.4) is 0 Å².